The van der Waals surface area contributed by atoms with Crippen molar-refractivity contribution in [3.8, 4) is 17.2 Å². The fourth-order valence-electron chi connectivity index (χ4n) is 10.2. The number of hydrogen-bond donors (Lipinski definition) is 9. The molecule has 0 fully saturated rings. The van der Waals surface area contributed by atoms with Crippen LogP contribution in [0.3, 0.4) is 0 Å². The van der Waals surface area contributed by atoms with E-state index in [-0.39, 0.29) is 72.2 Å². The summed E-state index contributed by atoms with van der Waals surface area (Å²) >= 11 is 9.48. The van der Waals surface area contributed by atoms with Crippen molar-refractivity contribution >= 4 is 159 Å². The van der Waals surface area contributed by atoms with Crippen molar-refractivity contribution < 1.29 is 60.3 Å². The molecule has 0 bridgehead atoms. The van der Waals surface area contributed by atoms with Gasteiger partial charge in [-0.1, -0.05) is 167 Å². The lowest BCUT2D eigenvalue weighted by Gasteiger charge is -2.15. The molecule has 0 atom stereocenters. The van der Waals surface area contributed by atoms with Gasteiger partial charge in [0.1, 0.15) is 23.1 Å². The molecule has 12 aromatic rings. The lowest BCUT2D eigenvalue weighted by molar-refractivity contribution is 0.419. The lowest BCUT2D eigenvalue weighted by Crippen LogP contribution is -2.13. The molecule has 0 heterocycles. The summed E-state index contributed by atoms with van der Waals surface area (Å²) < 4.78 is 101. The van der Waals surface area contributed by atoms with E-state index in [1.54, 1.807) is 140 Å². The van der Waals surface area contributed by atoms with Gasteiger partial charge in [0.2, 0.25) is 0 Å². The molecule has 0 aromatic heterocycles. The number of phenolic OH excluding ortho intramolecular Hbond substituents is 3. The van der Waals surface area contributed by atoms with E-state index in [2.05, 4.69) is 53.8 Å². The highest BCUT2D eigenvalue weighted by Crippen LogP contribution is 2.44. The summed E-state index contributed by atoms with van der Waals surface area (Å²) in [4.78, 5) is 1.52. The van der Waals surface area contributed by atoms with E-state index in [0.717, 1.165) is 50.5 Å². The highest BCUT2D eigenvalue weighted by atomic mass is 35.5. The van der Waals surface area contributed by atoms with E-state index in [0.29, 0.717) is 74.7 Å². The van der Waals surface area contributed by atoms with E-state index in [4.69, 9.17) is 11.6 Å². The Labute approximate surface area is 566 Å². The highest BCUT2D eigenvalue weighted by molar-refractivity contribution is 8.00. The molecule has 9 N–H and O–H groups in total. The molecular formula is C72H61ClFN3O12S6. The molecule has 0 unspecified atom stereocenters. The normalized spacial score (nSPS) is 11.7. The molecule has 15 nitrogen and oxygen atoms in total. The fourth-order valence-corrected chi connectivity index (χ4v) is 16.0. The second-order valence-corrected chi connectivity index (χ2v) is 30.6. The molecule has 12 rings (SSSR count). The molecular weight excluding hydrogens is 1350 g/mol. The van der Waals surface area contributed by atoms with Gasteiger partial charge in [-0.3, -0.25) is 14.2 Å². The van der Waals surface area contributed by atoms with Crippen LogP contribution in [-0.4, -0.2) is 73.2 Å². The second-order valence-electron chi connectivity index (χ2n) is 22.1. The largest absolute Gasteiger partial charge is 0.512 e. The summed E-state index contributed by atoms with van der Waals surface area (Å²) in [5, 5.41) is 68.5. The van der Waals surface area contributed by atoms with Crippen LogP contribution in [-0.2, 0) is 30.1 Å². The number of rotatable bonds is 19. The van der Waals surface area contributed by atoms with Crippen LogP contribution >= 0.6 is 46.9 Å². The predicted octanol–water partition coefficient (Wildman–Crippen LogP) is 18.9. The minimum absolute atomic E-state index is 0.00835. The first kappa shape index (κ1) is 68.6. The Balaban J connectivity index is 0.000000155. The van der Waals surface area contributed by atoms with Crippen molar-refractivity contribution in [2.45, 2.75) is 49.1 Å². The first-order chi connectivity index (χ1) is 45.1. The number of thioether (sulfide) groups is 3. The third kappa shape index (κ3) is 16.1. The standard InChI is InChI=1S/C26H25NO4S2.C23H18ClNO4S2.C23H18FNO4S2/c1-16(2)18-8-9-20-13-21(11-10-19(20)12-18)33(30,31)27-24-14-25(32-15-17(3)28)26(29)23-7-5-4-6-22(23)24;1-14(26)13-30-22-12-21(19-4-2-3-5-20(19)23(22)27)25-31(28,29)18-9-7-15-10-17(24)8-6-16(15)11-18;1-14(26)13-30-22-12-21(19-4-2-3-5-20(19)23(22)27)25-31(28,29)18-9-7-15-6-8-17(24)10-16(15)11-18/h4-14,16,27-29H,3,15H2,1-2H3;2*2-12,25-27H,1,13H2. The number of hydrogen-bond acceptors (Lipinski definition) is 15. The lowest BCUT2D eigenvalue weighted by atomic mass is 9.99. The summed E-state index contributed by atoms with van der Waals surface area (Å²) in [6, 6.07) is 55.3. The Morgan fingerprint density at radius 2 is 0.726 bits per heavy atom. The minimum atomic E-state index is -4.00. The van der Waals surface area contributed by atoms with Crippen LogP contribution in [0.25, 0.3) is 64.6 Å². The Hall–Kier alpha value is -9.26. The zero-order valence-electron chi connectivity index (χ0n) is 50.7. The summed E-state index contributed by atoms with van der Waals surface area (Å²) in [6.45, 7) is 14.6. The number of sulfonamides is 3. The Morgan fingerprint density at radius 1 is 0.411 bits per heavy atom. The van der Waals surface area contributed by atoms with E-state index < -0.39 is 35.9 Å². The van der Waals surface area contributed by atoms with Gasteiger partial charge in [-0.25, -0.2) is 29.6 Å². The number of anilines is 3. The van der Waals surface area contributed by atoms with Crippen molar-refractivity contribution in [1.29, 1.82) is 0 Å². The van der Waals surface area contributed by atoms with Gasteiger partial charge in [-0.2, -0.15) is 0 Å². The Bertz CT molecular complexity index is 5410. The van der Waals surface area contributed by atoms with Gasteiger partial charge in [0.05, 0.1) is 81.0 Å². The average Bonchev–Trinajstić information content (AvgIpc) is 0.792. The fraction of sp³-hybridized carbons (Fsp3) is 0.0833. The van der Waals surface area contributed by atoms with Crippen molar-refractivity contribution in [2.75, 3.05) is 31.4 Å². The molecule has 23 heteroatoms. The smallest absolute Gasteiger partial charge is 0.261 e. The van der Waals surface area contributed by atoms with Crippen LogP contribution in [0.2, 0.25) is 5.02 Å². The second kappa shape index (κ2) is 28.8. The SMILES string of the molecule is C=C(O)CSc1cc(NS(=O)(=O)c2ccc3cc(C(C)C)ccc3c2)c2ccccc2c1O.C=C(O)CSc1cc(NS(=O)(=O)c2ccc3cc(Cl)ccc3c2)c2ccccc2c1O.C=C(O)CSc1cc(NS(=O)(=O)c2ccc3ccc(F)cc3c2)c2ccccc2c1O. The molecule has 0 aliphatic heterocycles. The van der Waals surface area contributed by atoms with Gasteiger partial charge in [0.15, 0.2) is 0 Å². The van der Waals surface area contributed by atoms with E-state index in [1.807, 2.05) is 18.2 Å². The zero-order chi connectivity index (χ0) is 68.1. The van der Waals surface area contributed by atoms with E-state index in [9.17, 15) is 60.3 Å². The number of aliphatic hydroxyl groups is 3. The highest BCUT2D eigenvalue weighted by Gasteiger charge is 2.24. The van der Waals surface area contributed by atoms with Gasteiger partial charge < -0.3 is 30.6 Å². The van der Waals surface area contributed by atoms with E-state index >= 15 is 0 Å². The number of aliphatic hydroxyl groups excluding tert-OH is 3. The van der Waals surface area contributed by atoms with Crippen molar-refractivity contribution in [3.05, 3.63) is 254 Å². The molecule has 486 valence electrons. The average molecular weight is 1410 g/mol. The molecule has 0 aliphatic rings. The number of halogens is 2. The van der Waals surface area contributed by atoms with Gasteiger partial charge in [0, 0.05) is 37.3 Å². The molecule has 0 saturated carbocycles. The maximum atomic E-state index is 13.6. The topological polar surface area (TPSA) is 260 Å². The molecule has 0 amide bonds. The van der Waals surface area contributed by atoms with Crippen molar-refractivity contribution in [3.63, 3.8) is 0 Å². The zero-order valence-corrected chi connectivity index (χ0v) is 56.4. The number of benzene rings is 12. The molecule has 0 spiro atoms. The monoisotopic (exact) mass is 1410 g/mol. The third-order valence-electron chi connectivity index (χ3n) is 14.8. The van der Waals surface area contributed by atoms with Crippen LogP contribution in [0.4, 0.5) is 21.5 Å². The molecule has 0 saturated heterocycles. The summed E-state index contributed by atoms with van der Waals surface area (Å²) in [6.07, 6.45) is 0. The minimum Gasteiger partial charge on any atom is -0.512 e. The van der Waals surface area contributed by atoms with Gasteiger partial charge in [-0.15, -0.1) is 35.3 Å². The number of aromatic hydroxyl groups is 3. The summed E-state index contributed by atoms with van der Waals surface area (Å²) in [5.41, 5.74) is 2.15. The van der Waals surface area contributed by atoms with Gasteiger partial charge in [-0.05, 0) is 123 Å². The third-order valence-corrected chi connectivity index (χ3v) is 22.5. The molecule has 0 radical (unpaired) electrons. The van der Waals surface area contributed by atoms with E-state index in [1.165, 1.54) is 53.7 Å². The van der Waals surface area contributed by atoms with Crippen LogP contribution in [0.15, 0.2) is 267 Å². The van der Waals surface area contributed by atoms with Crippen LogP contribution in [0.1, 0.15) is 25.3 Å². The van der Waals surface area contributed by atoms with Crippen molar-refractivity contribution in [2.24, 2.45) is 0 Å². The number of nitrogens with one attached hydrogen (secondary N) is 3. The van der Waals surface area contributed by atoms with Crippen LogP contribution in [0, 0.1) is 5.82 Å². The van der Waals surface area contributed by atoms with Crippen LogP contribution in [0.5, 0.6) is 17.2 Å². The molecule has 95 heavy (non-hydrogen) atoms. The Kier molecular flexibility index (Phi) is 20.8. The number of phenols is 3. The van der Waals surface area contributed by atoms with Crippen LogP contribution < -0.4 is 14.2 Å². The van der Waals surface area contributed by atoms with Gasteiger partial charge in [0.25, 0.3) is 30.1 Å². The molecule has 0 aliphatic carbocycles. The first-order valence-corrected chi connectivity index (χ1v) is 36.7. The summed E-state index contributed by atoms with van der Waals surface area (Å²) in [5.74, 6) is 0.333. The number of fused-ring (bicyclic) bond motifs is 6. The maximum absolute atomic E-state index is 13.6. The molecule has 12 aromatic carbocycles. The quantitative estimate of drug-likeness (QED) is 0.0207. The van der Waals surface area contributed by atoms with Crippen molar-refractivity contribution in [1.82, 2.24) is 0 Å². The summed E-state index contributed by atoms with van der Waals surface area (Å²) in [7, 11) is -11.8. The first-order valence-electron chi connectivity index (χ1n) is 28.9. The Morgan fingerprint density at radius 3 is 1.11 bits per heavy atom. The predicted molar refractivity (Wildman–Crippen MR) is 388 cm³/mol. The van der Waals surface area contributed by atoms with Gasteiger partial charge >= 0.3 is 0 Å². The maximum Gasteiger partial charge on any atom is 0.261 e.